The molecule has 3 atom stereocenters. The Morgan fingerprint density at radius 2 is 1.91 bits per heavy atom. The molecule has 1 heteroatoms. The second-order valence-corrected chi connectivity index (χ2v) is 4.39. The molecule has 0 radical (unpaired) electrons. The van der Waals surface area contributed by atoms with Gasteiger partial charge in [-0.15, -0.1) is 0 Å². The van der Waals surface area contributed by atoms with Gasteiger partial charge >= 0.3 is 0 Å². The molecule has 1 nitrogen and oxygen atoms in total. The molecule has 1 aliphatic carbocycles. The van der Waals surface area contributed by atoms with Crippen molar-refractivity contribution in [2.45, 2.75) is 46.1 Å². The van der Waals surface area contributed by atoms with Gasteiger partial charge in [0, 0.05) is 6.04 Å². The SMILES string of the molecule is CC(C)C1CCCC(C)C1N. The molecule has 0 heterocycles. The average molecular weight is 155 g/mol. The standard InChI is InChI=1S/C10H21N/c1-7(2)9-6-4-5-8(3)10(9)11/h7-10H,4-6,11H2,1-3H3. The van der Waals surface area contributed by atoms with Gasteiger partial charge in [0.15, 0.2) is 0 Å². The van der Waals surface area contributed by atoms with Crippen molar-refractivity contribution in [1.82, 2.24) is 0 Å². The van der Waals surface area contributed by atoms with Crippen LogP contribution in [0.4, 0.5) is 0 Å². The Hall–Kier alpha value is -0.0400. The highest BCUT2D eigenvalue weighted by atomic mass is 14.7. The summed E-state index contributed by atoms with van der Waals surface area (Å²) in [5.74, 6) is 2.29. The highest BCUT2D eigenvalue weighted by Gasteiger charge is 2.29. The van der Waals surface area contributed by atoms with Crippen LogP contribution in [0, 0.1) is 17.8 Å². The molecule has 0 saturated heterocycles. The van der Waals surface area contributed by atoms with Crippen molar-refractivity contribution in [3.8, 4) is 0 Å². The molecule has 0 aromatic carbocycles. The Labute approximate surface area is 70.4 Å². The smallest absolute Gasteiger partial charge is 0.00954 e. The number of nitrogens with two attached hydrogens (primary N) is 1. The Morgan fingerprint density at radius 1 is 1.27 bits per heavy atom. The van der Waals surface area contributed by atoms with Crippen molar-refractivity contribution >= 4 is 0 Å². The van der Waals surface area contributed by atoms with E-state index in [-0.39, 0.29) is 0 Å². The number of hydrogen-bond donors (Lipinski definition) is 1. The van der Waals surface area contributed by atoms with Crippen LogP contribution in [0.3, 0.4) is 0 Å². The molecule has 0 aliphatic heterocycles. The monoisotopic (exact) mass is 155 g/mol. The highest BCUT2D eigenvalue weighted by Crippen LogP contribution is 2.32. The largest absolute Gasteiger partial charge is 0.327 e. The molecule has 0 spiro atoms. The summed E-state index contributed by atoms with van der Waals surface area (Å²) in [4.78, 5) is 0. The Balaban J connectivity index is 2.51. The zero-order valence-electron chi connectivity index (χ0n) is 8.01. The van der Waals surface area contributed by atoms with Gasteiger partial charge < -0.3 is 5.73 Å². The van der Waals surface area contributed by atoms with E-state index >= 15 is 0 Å². The Kier molecular flexibility index (Phi) is 2.94. The van der Waals surface area contributed by atoms with Gasteiger partial charge in [0.05, 0.1) is 0 Å². The van der Waals surface area contributed by atoms with Gasteiger partial charge in [-0.1, -0.05) is 27.2 Å². The molecule has 11 heavy (non-hydrogen) atoms. The van der Waals surface area contributed by atoms with Gasteiger partial charge in [0.25, 0.3) is 0 Å². The maximum atomic E-state index is 6.12. The summed E-state index contributed by atoms with van der Waals surface area (Å²) in [6, 6.07) is 0.462. The predicted octanol–water partition coefficient (Wildman–Crippen LogP) is 2.41. The van der Waals surface area contributed by atoms with Crippen LogP contribution in [0.25, 0.3) is 0 Å². The molecule has 1 fully saturated rings. The van der Waals surface area contributed by atoms with E-state index in [0.717, 1.165) is 17.8 Å². The lowest BCUT2D eigenvalue weighted by Gasteiger charge is -2.36. The van der Waals surface area contributed by atoms with E-state index in [1.54, 1.807) is 0 Å². The average Bonchev–Trinajstić information content (AvgIpc) is 1.94. The van der Waals surface area contributed by atoms with Crippen LogP contribution in [-0.2, 0) is 0 Å². The van der Waals surface area contributed by atoms with Gasteiger partial charge in [-0.2, -0.15) is 0 Å². The van der Waals surface area contributed by atoms with Gasteiger partial charge in [0.1, 0.15) is 0 Å². The summed E-state index contributed by atoms with van der Waals surface area (Å²) in [7, 11) is 0. The first-order chi connectivity index (χ1) is 5.13. The van der Waals surface area contributed by atoms with Crippen molar-refractivity contribution in [3.63, 3.8) is 0 Å². The van der Waals surface area contributed by atoms with Crippen LogP contribution < -0.4 is 5.73 Å². The molecule has 0 aromatic rings. The third-order valence-corrected chi connectivity index (χ3v) is 3.20. The molecule has 66 valence electrons. The first-order valence-electron chi connectivity index (χ1n) is 4.88. The Bertz CT molecular complexity index is 120. The van der Waals surface area contributed by atoms with Gasteiger partial charge in [-0.25, -0.2) is 0 Å². The van der Waals surface area contributed by atoms with Crippen LogP contribution in [0.15, 0.2) is 0 Å². The summed E-state index contributed by atoms with van der Waals surface area (Å²) in [5, 5.41) is 0. The van der Waals surface area contributed by atoms with E-state index in [0.29, 0.717) is 6.04 Å². The van der Waals surface area contributed by atoms with Crippen LogP contribution in [-0.4, -0.2) is 6.04 Å². The van der Waals surface area contributed by atoms with E-state index in [1.165, 1.54) is 19.3 Å². The zero-order valence-corrected chi connectivity index (χ0v) is 8.01. The third-order valence-electron chi connectivity index (χ3n) is 3.20. The fourth-order valence-corrected chi connectivity index (χ4v) is 2.26. The van der Waals surface area contributed by atoms with Crippen molar-refractivity contribution in [1.29, 1.82) is 0 Å². The number of hydrogen-bond acceptors (Lipinski definition) is 1. The molecule has 1 aliphatic rings. The molecule has 1 rings (SSSR count). The first-order valence-corrected chi connectivity index (χ1v) is 4.88. The number of rotatable bonds is 1. The molecular weight excluding hydrogens is 134 g/mol. The van der Waals surface area contributed by atoms with Crippen LogP contribution in [0.1, 0.15) is 40.0 Å². The lowest BCUT2D eigenvalue weighted by molar-refractivity contribution is 0.186. The zero-order chi connectivity index (χ0) is 8.43. The normalized spacial score (nSPS) is 39.5. The van der Waals surface area contributed by atoms with Crippen LogP contribution >= 0.6 is 0 Å². The second kappa shape index (κ2) is 3.57. The first kappa shape index (κ1) is 9.05. The minimum Gasteiger partial charge on any atom is -0.327 e. The van der Waals surface area contributed by atoms with Crippen molar-refractivity contribution < 1.29 is 0 Å². The molecule has 1 saturated carbocycles. The minimum absolute atomic E-state index is 0.462. The summed E-state index contributed by atoms with van der Waals surface area (Å²) < 4.78 is 0. The van der Waals surface area contributed by atoms with Gasteiger partial charge in [-0.3, -0.25) is 0 Å². The molecule has 3 unspecified atom stereocenters. The fraction of sp³-hybridized carbons (Fsp3) is 1.00. The van der Waals surface area contributed by atoms with E-state index < -0.39 is 0 Å². The maximum absolute atomic E-state index is 6.12. The predicted molar refractivity (Wildman–Crippen MR) is 49.3 cm³/mol. The van der Waals surface area contributed by atoms with Crippen molar-refractivity contribution in [2.75, 3.05) is 0 Å². The quantitative estimate of drug-likeness (QED) is 0.618. The minimum atomic E-state index is 0.462. The van der Waals surface area contributed by atoms with Crippen LogP contribution in [0.2, 0.25) is 0 Å². The summed E-state index contributed by atoms with van der Waals surface area (Å²) in [5.41, 5.74) is 6.12. The second-order valence-electron chi connectivity index (χ2n) is 4.39. The van der Waals surface area contributed by atoms with Crippen molar-refractivity contribution in [3.05, 3.63) is 0 Å². The van der Waals surface area contributed by atoms with E-state index in [4.69, 9.17) is 5.73 Å². The van der Waals surface area contributed by atoms with Crippen molar-refractivity contribution in [2.24, 2.45) is 23.5 Å². The summed E-state index contributed by atoms with van der Waals surface area (Å²) in [6.45, 7) is 6.88. The highest BCUT2D eigenvalue weighted by molar-refractivity contribution is 4.84. The topological polar surface area (TPSA) is 26.0 Å². The van der Waals surface area contributed by atoms with E-state index in [2.05, 4.69) is 20.8 Å². The summed E-state index contributed by atoms with van der Waals surface area (Å²) in [6.07, 6.45) is 4.07. The lowest BCUT2D eigenvalue weighted by Crippen LogP contribution is -2.41. The van der Waals surface area contributed by atoms with E-state index in [1.807, 2.05) is 0 Å². The summed E-state index contributed by atoms with van der Waals surface area (Å²) >= 11 is 0. The van der Waals surface area contributed by atoms with Gasteiger partial charge in [-0.05, 0) is 30.6 Å². The molecule has 0 amide bonds. The Morgan fingerprint density at radius 3 is 2.36 bits per heavy atom. The van der Waals surface area contributed by atoms with E-state index in [9.17, 15) is 0 Å². The molecule has 2 N–H and O–H groups in total. The fourth-order valence-electron chi connectivity index (χ4n) is 2.26. The molecular formula is C10H21N. The molecule has 0 aromatic heterocycles. The molecule has 0 bridgehead atoms. The van der Waals surface area contributed by atoms with Gasteiger partial charge in [0.2, 0.25) is 0 Å². The maximum Gasteiger partial charge on any atom is 0.00954 e. The lowest BCUT2D eigenvalue weighted by atomic mass is 9.73. The third kappa shape index (κ3) is 1.96. The van der Waals surface area contributed by atoms with Crippen LogP contribution in [0.5, 0.6) is 0 Å².